The van der Waals surface area contributed by atoms with E-state index < -0.39 is 0 Å². The van der Waals surface area contributed by atoms with Gasteiger partial charge in [0.05, 0.1) is 0 Å². The van der Waals surface area contributed by atoms with Crippen molar-refractivity contribution in [3.63, 3.8) is 0 Å². The molecule has 0 heterocycles. The summed E-state index contributed by atoms with van der Waals surface area (Å²) in [4.78, 5) is 0. The van der Waals surface area contributed by atoms with Gasteiger partial charge in [-0.25, -0.2) is 0 Å². The number of hydrogen-bond acceptors (Lipinski definition) is 0. The monoisotopic (exact) mass is 462 g/mol. The highest BCUT2D eigenvalue weighted by Crippen LogP contribution is 2.38. The first-order chi connectivity index (χ1) is 17.7. The molecule has 0 atom stereocenters. The number of benzene rings is 4. The molecule has 5 aromatic carbocycles. The zero-order valence-electron chi connectivity index (χ0n) is 20.9. The summed E-state index contributed by atoms with van der Waals surface area (Å²) in [6.45, 7) is 8.39. The van der Waals surface area contributed by atoms with E-state index in [0.717, 1.165) is 11.1 Å². The van der Waals surface area contributed by atoms with Crippen LogP contribution in [0.4, 0.5) is 0 Å². The maximum atomic E-state index is 4.17. The molecule has 0 nitrogen and oxygen atoms in total. The Morgan fingerprint density at radius 1 is 0.583 bits per heavy atom. The lowest BCUT2D eigenvalue weighted by Crippen LogP contribution is -1.91. The van der Waals surface area contributed by atoms with Gasteiger partial charge in [0.15, 0.2) is 0 Å². The van der Waals surface area contributed by atoms with Crippen molar-refractivity contribution in [3.8, 4) is 22.3 Å². The summed E-state index contributed by atoms with van der Waals surface area (Å²) >= 11 is 0. The smallest absolute Gasteiger partial charge is 0.00267 e. The van der Waals surface area contributed by atoms with E-state index in [1.54, 1.807) is 0 Å². The van der Waals surface area contributed by atoms with Gasteiger partial charge < -0.3 is 0 Å². The van der Waals surface area contributed by atoms with Crippen LogP contribution in [0.5, 0.6) is 0 Å². The fourth-order valence-electron chi connectivity index (χ4n) is 4.81. The third-order valence-corrected chi connectivity index (χ3v) is 6.65. The van der Waals surface area contributed by atoms with Crippen molar-refractivity contribution in [1.82, 2.24) is 0 Å². The van der Waals surface area contributed by atoms with Crippen LogP contribution in [0.15, 0.2) is 128 Å². The number of rotatable bonds is 4. The summed E-state index contributed by atoms with van der Waals surface area (Å²) in [5.41, 5.74) is 8.19. The van der Waals surface area contributed by atoms with Gasteiger partial charge in [-0.1, -0.05) is 133 Å². The fraction of sp³-hybridized carbons (Fsp3) is 0.0556. The van der Waals surface area contributed by atoms with Crippen LogP contribution in [0, 0.1) is 6.92 Å². The molecule has 0 aliphatic rings. The second kappa shape index (κ2) is 10.5. The van der Waals surface area contributed by atoms with Crippen molar-refractivity contribution in [2.24, 2.45) is 0 Å². The van der Waals surface area contributed by atoms with Crippen LogP contribution in [0.1, 0.15) is 23.6 Å². The van der Waals surface area contributed by atoms with E-state index in [0.29, 0.717) is 0 Å². The molecule has 0 fully saturated rings. The summed E-state index contributed by atoms with van der Waals surface area (Å²) in [6.07, 6.45) is 6.28. The lowest BCUT2D eigenvalue weighted by atomic mass is 9.88. The van der Waals surface area contributed by atoms with Gasteiger partial charge in [0.1, 0.15) is 0 Å². The van der Waals surface area contributed by atoms with Crippen molar-refractivity contribution < 1.29 is 0 Å². The molecular formula is C36H30. The lowest BCUT2D eigenvalue weighted by Gasteiger charge is -2.15. The SMILES string of the molecule is C=Cc1cccc(C)ccc(-c2ccc3ccccc3c2)c(-c2ccc3ccccc3c2)c1/C=C\C. The highest BCUT2D eigenvalue weighted by molar-refractivity contribution is 5.97. The molecule has 0 spiro atoms. The lowest BCUT2D eigenvalue weighted by molar-refractivity contribution is 1.48. The van der Waals surface area contributed by atoms with Crippen molar-refractivity contribution >= 4 is 33.7 Å². The second-order valence-electron chi connectivity index (χ2n) is 9.09. The Hall–Kier alpha value is -4.42. The number of allylic oxidation sites excluding steroid dienone is 1. The molecule has 0 N–H and O–H groups in total. The Bertz CT molecular complexity index is 1670. The van der Waals surface area contributed by atoms with Crippen LogP contribution in [-0.4, -0.2) is 0 Å². The average molecular weight is 463 g/mol. The summed E-state index contributed by atoms with van der Waals surface area (Å²) in [5.74, 6) is 0. The van der Waals surface area contributed by atoms with E-state index in [9.17, 15) is 0 Å². The number of hydrogen-bond donors (Lipinski definition) is 0. The van der Waals surface area contributed by atoms with Gasteiger partial charge in [-0.15, -0.1) is 0 Å². The van der Waals surface area contributed by atoms with Crippen LogP contribution in [-0.2, 0) is 0 Å². The number of fused-ring (bicyclic) bond motifs is 2. The Labute approximate surface area is 214 Å². The molecule has 0 saturated carbocycles. The minimum Gasteiger partial charge on any atom is -0.0984 e. The summed E-state index contributed by atoms with van der Waals surface area (Å²) < 4.78 is 0. The highest BCUT2D eigenvalue weighted by atomic mass is 14.2. The maximum absolute atomic E-state index is 4.17. The molecule has 174 valence electrons. The largest absolute Gasteiger partial charge is 0.0984 e. The Morgan fingerprint density at radius 3 is 1.83 bits per heavy atom. The van der Waals surface area contributed by atoms with Gasteiger partial charge in [-0.3, -0.25) is 0 Å². The minimum absolute atomic E-state index is 1.09. The van der Waals surface area contributed by atoms with Gasteiger partial charge >= 0.3 is 0 Å². The molecule has 5 rings (SSSR count). The third kappa shape index (κ3) is 4.72. The predicted molar refractivity (Wildman–Crippen MR) is 159 cm³/mol. The van der Waals surface area contributed by atoms with Crippen molar-refractivity contribution in [2.45, 2.75) is 13.8 Å². The standard InChI is InChI=1S/C36H30/c1-4-11-34-27(5-2)17-10-12-26(3)18-23-35(32-21-19-28-13-6-8-15-30(28)24-32)36(34)33-22-20-29-14-7-9-16-31(29)25-33/h4-25H,2H2,1,3H3/b11-4-,12-10?,17-10?,23-18?,26-12?,26-18?,27-17?,34-27?,35-23?,36-34?,36-35?. The van der Waals surface area contributed by atoms with E-state index in [4.69, 9.17) is 0 Å². The first kappa shape index (κ1) is 23.3. The first-order valence-corrected chi connectivity index (χ1v) is 12.4. The van der Waals surface area contributed by atoms with Crippen LogP contribution in [0.3, 0.4) is 0 Å². The molecule has 0 saturated heterocycles. The van der Waals surface area contributed by atoms with Crippen LogP contribution in [0.25, 0.3) is 56.0 Å². The Balaban J connectivity index is 1.97. The van der Waals surface area contributed by atoms with Gasteiger partial charge in [-0.2, -0.15) is 0 Å². The molecule has 5 aromatic rings. The predicted octanol–water partition coefficient (Wildman–Crippen LogP) is 10.4. The van der Waals surface area contributed by atoms with Gasteiger partial charge in [0.2, 0.25) is 0 Å². The average Bonchev–Trinajstić information content (AvgIpc) is 2.92. The quantitative estimate of drug-likeness (QED) is 0.249. The maximum Gasteiger partial charge on any atom is -0.00267 e. The molecule has 0 aromatic heterocycles. The molecule has 0 unspecified atom stereocenters. The van der Waals surface area contributed by atoms with Gasteiger partial charge in [-0.05, 0) is 80.9 Å². The van der Waals surface area contributed by atoms with E-state index in [1.165, 1.54) is 49.4 Å². The van der Waals surface area contributed by atoms with Crippen molar-refractivity contribution in [2.75, 3.05) is 0 Å². The van der Waals surface area contributed by atoms with E-state index >= 15 is 0 Å². The minimum atomic E-state index is 1.09. The van der Waals surface area contributed by atoms with E-state index in [2.05, 4.69) is 148 Å². The third-order valence-electron chi connectivity index (χ3n) is 6.65. The zero-order chi connectivity index (χ0) is 24.9. The van der Waals surface area contributed by atoms with E-state index in [-0.39, 0.29) is 0 Å². The topological polar surface area (TPSA) is 0 Å². The summed E-state index contributed by atoms with van der Waals surface area (Å²) in [5, 5.41) is 4.95. The Kier molecular flexibility index (Phi) is 6.78. The van der Waals surface area contributed by atoms with Crippen LogP contribution < -0.4 is 0 Å². The first-order valence-electron chi connectivity index (χ1n) is 12.4. The van der Waals surface area contributed by atoms with Crippen LogP contribution >= 0.6 is 0 Å². The molecular weight excluding hydrogens is 432 g/mol. The fourth-order valence-corrected chi connectivity index (χ4v) is 4.81. The molecule has 0 aliphatic heterocycles. The molecule has 0 bridgehead atoms. The van der Waals surface area contributed by atoms with Gasteiger partial charge in [0.25, 0.3) is 0 Å². The highest BCUT2D eigenvalue weighted by Gasteiger charge is 2.13. The molecule has 0 amide bonds. The normalized spacial score (nSPS) is 11.1. The zero-order valence-corrected chi connectivity index (χ0v) is 20.9. The van der Waals surface area contributed by atoms with Crippen molar-refractivity contribution in [3.05, 3.63) is 145 Å². The molecule has 0 heteroatoms. The van der Waals surface area contributed by atoms with Gasteiger partial charge in [0, 0.05) is 0 Å². The Morgan fingerprint density at radius 2 is 1.19 bits per heavy atom. The summed E-state index contributed by atoms with van der Waals surface area (Å²) in [6, 6.07) is 41.5. The molecule has 36 heavy (non-hydrogen) atoms. The van der Waals surface area contributed by atoms with Crippen LogP contribution in [0.2, 0.25) is 0 Å². The second-order valence-corrected chi connectivity index (χ2v) is 9.09. The number of aryl methyl sites for hydroxylation is 1. The van der Waals surface area contributed by atoms with Crippen molar-refractivity contribution in [1.29, 1.82) is 0 Å². The van der Waals surface area contributed by atoms with E-state index in [1.807, 2.05) is 6.08 Å². The molecule has 0 aliphatic carbocycles. The molecule has 0 radical (unpaired) electrons. The summed E-state index contributed by atoms with van der Waals surface area (Å²) in [7, 11) is 0.